The first-order valence-electron chi connectivity index (χ1n) is 24.2. The zero-order valence-corrected chi connectivity index (χ0v) is 40.5. The van der Waals surface area contributed by atoms with E-state index in [1.807, 2.05) is 43.3 Å². The van der Waals surface area contributed by atoms with Gasteiger partial charge in [-0.05, 0) is 105 Å². The number of hydrogen-bond donors (Lipinski definition) is 4. The van der Waals surface area contributed by atoms with Crippen LogP contribution < -0.4 is 15.3 Å². The molecule has 2 atom stereocenters. The van der Waals surface area contributed by atoms with Gasteiger partial charge < -0.3 is 25.1 Å². The van der Waals surface area contributed by atoms with Gasteiger partial charge in [0, 0.05) is 78.2 Å². The van der Waals surface area contributed by atoms with Gasteiger partial charge in [-0.15, -0.1) is 0 Å². The normalized spacial score (nSPS) is 15.0. The number of amides is 1. The maximum absolute atomic E-state index is 14.8. The number of fused-ring (bicyclic) bond motifs is 4. The number of benzene rings is 6. The minimum absolute atomic E-state index is 0.0302. The van der Waals surface area contributed by atoms with Crippen LogP contribution in [-0.4, -0.2) is 70.8 Å². The number of phenolic OH excluding ortho intramolecular Hbond substituents is 1. The Morgan fingerprint density at radius 1 is 0.764 bits per heavy atom. The molecular formula is C57H54N3O11S+. The number of pyridine rings is 1. The summed E-state index contributed by atoms with van der Waals surface area (Å²) in [5.41, 5.74) is 4.11. The molecule has 0 saturated heterocycles. The van der Waals surface area contributed by atoms with Gasteiger partial charge in [0.15, 0.2) is 11.2 Å². The van der Waals surface area contributed by atoms with Crippen molar-refractivity contribution in [1.82, 2.24) is 9.62 Å². The van der Waals surface area contributed by atoms with Crippen LogP contribution in [0.2, 0.25) is 0 Å². The molecule has 72 heavy (non-hydrogen) atoms. The van der Waals surface area contributed by atoms with E-state index in [0.29, 0.717) is 45.9 Å². The summed E-state index contributed by atoms with van der Waals surface area (Å²) < 4.78 is 37.3. The third kappa shape index (κ3) is 10.1. The fraction of sp³-hybridized carbons (Fsp3) is 0.263. The van der Waals surface area contributed by atoms with Crippen LogP contribution in [0, 0.1) is 12.8 Å². The minimum atomic E-state index is -4.38. The van der Waals surface area contributed by atoms with Crippen molar-refractivity contribution in [1.29, 1.82) is 0 Å². The number of nitrogens with zero attached hydrogens (tertiary/aromatic N) is 2. The molecule has 1 amide bonds. The van der Waals surface area contributed by atoms with Gasteiger partial charge in [0.1, 0.15) is 23.6 Å². The van der Waals surface area contributed by atoms with E-state index in [4.69, 9.17) is 4.42 Å². The summed E-state index contributed by atoms with van der Waals surface area (Å²) >= 11 is 0. The lowest BCUT2D eigenvalue weighted by atomic mass is 9.80. The zero-order valence-electron chi connectivity index (χ0n) is 39.7. The minimum Gasteiger partial charge on any atom is -0.508 e. The van der Waals surface area contributed by atoms with Crippen molar-refractivity contribution >= 4 is 66.4 Å². The highest BCUT2D eigenvalue weighted by atomic mass is 32.2. The Labute approximate surface area is 415 Å². The summed E-state index contributed by atoms with van der Waals surface area (Å²) in [5, 5.41) is 35.5. The molecule has 1 aliphatic heterocycles. The van der Waals surface area contributed by atoms with Crippen LogP contribution in [0.15, 0.2) is 142 Å². The number of sulfonamides is 1. The topological polar surface area (TPSA) is 212 Å². The Balaban J connectivity index is 0.911. The lowest BCUT2D eigenvalue weighted by Gasteiger charge is -2.32. The summed E-state index contributed by atoms with van der Waals surface area (Å²) in [6.45, 7) is 2.78. The van der Waals surface area contributed by atoms with Gasteiger partial charge >= 0.3 is 11.9 Å². The van der Waals surface area contributed by atoms with Crippen molar-refractivity contribution < 1.29 is 51.9 Å². The van der Waals surface area contributed by atoms with E-state index in [2.05, 4.69) is 9.88 Å². The molecule has 0 bridgehead atoms. The number of carbonyl (C=O) groups excluding carboxylic acids is 2. The Morgan fingerprint density at radius 2 is 1.46 bits per heavy atom. The van der Waals surface area contributed by atoms with Gasteiger partial charge in [-0.2, -0.15) is 4.57 Å². The monoisotopic (exact) mass is 988 g/mol. The molecule has 1 fully saturated rings. The molecule has 368 valence electrons. The number of phenols is 1. The molecule has 1 aromatic heterocycles. The number of rotatable bonds is 18. The van der Waals surface area contributed by atoms with Gasteiger partial charge in [-0.25, -0.2) is 17.5 Å². The quantitative estimate of drug-likeness (QED) is 0.0274. The summed E-state index contributed by atoms with van der Waals surface area (Å²) in [6.07, 6.45) is 5.12. The Kier molecular flexibility index (Phi) is 14.3. The van der Waals surface area contributed by atoms with Crippen molar-refractivity contribution in [3.8, 4) is 28.2 Å². The lowest BCUT2D eigenvalue weighted by molar-refractivity contribution is -0.645. The summed E-state index contributed by atoms with van der Waals surface area (Å²) in [5.74, 6) is -3.00. The number of hydrogen-bond acceptors (Lipinski definition) is 10. The van der Waals surface area contributed by atoms with E-state index in [0.717, 1.165) is 59.4 Å². The molecule has 2 aliphatic carbocycles. The average Bonchev–Trinajstić information content (AvgIpc) is 3.36. The number of aromatic carboxylic acids is 1. The highest BCUT2D eigenvalue weighted by Gasteiger charge is 2.35. The van der Waals surface area contributed by atoms with E-state index in [9.17, 15) is 47.7 Å². The second-order valence-corrected chi connectivity index (χ2v) is 20.4. The molecule has 1 saturated carbocycles. The van der Waals surface area contributed by atoms with Crippen LogP contribution in [0.4, 0.5) is 0 Å². The summed E-state index contributed by atoms with van der Waals surface area (Å²) in [7, 11) is -4.38. The fourth-order valence-corrected chi connectivity index (χ4v) is 11.7. The summed E-state index contributed by atoms with van der Waals surface area (Å²) in [6, 6.07) is 34.6. The molecule has 3 aliphatic rings. The number of aryl methyl sites for hydroxylation is 2. The smallest absolute Gasteiger partial charge is 0.336 e. The number of para-hydroxylation sites is 2. The number of carbonyl (C=O) groups is 4. The van der Waals surface area contributed by atoms with Crippen molar-refractivity contribution in [2.75, 3.05) is 13.1 Å². The highest BCUT2D eigenvalue weighted by molar-refractivity contribution is 7.89. The average molecular weight is 989 g/mol. The SMILES string of the molecule is Cc1ccc(S(=O)(=O)N(CCCC(=O)O)C(=O)c2c3ccccc3[n+](CCCCN[C@H]3CCCC[C@@H]3CC(=O)c3ccc(-c4c5ccc(=O)cc-5oc5cc(O)ccc45)c(C(=O)O)c3)c3ccccc23)cc1. The molecule has 5 aromatic carbocycles. The standard InChI is InChI=1S/C57H53N3O11S/c1-35-18-23-40(24-19-35)72(69,70)60(30-10-17-53(64)65)56(66)55-42-12-3-6-15-48(42)59(49-16-7-4-13-43(49)55)29-9-8-28-58-47-14-5-2-11-36(47)32-50(63)37-20-25-41(46(31-37)57(67)68)54-44-26-21-38(61)33-51(44)71-52-34-39(62)22-27-45(52)54/h3-4,6-7,12-13,15-16,18-27,31,33-34,36,47,58H,2,5,8-11,14,17,28-30,32H2,1H3,(H2-,61,62,64,65,67,68)/p+1/t36-,47+/m1/s1. The van der Waals surface area contributed by atoms with Crippen molar-refractivity contribution in [2.24, 2.45) is 5.92 Å². The van der Waals surface area contributed by atoms with Crippen LogP contribution >= 0.6 is 0 Å². The molecule has 2 heterocycles. The highest BCUT2D eigenvalue weighted by Crippen LogP contribution is 2.42. The van der Waals surface area contributed by atoms with Gasteiger partial charge in [0.25, 0.3) is 15.9 Å². The van der Waals surface area contributed by atoms with Crippen LogP contribution in [0.3, 0.4) is 0 Å². The van der Waals surface area contributed by atoms with Crippen LogP contribution in [0.1, 0.15) is 94.4 Å². The van der Waals surface area contributed by atoms with E-state index in [1.54, 1.807) is 48.5 Å². The van der Waals surface area contributed by atoms with E-state index in [1.165, 1.54) is 42.5 Å². The van der Waals surface area contributed by atoms with E-state index >= 15 is 0 Å². The Bertz CT molecular complexity index is 3500. The van der Waals surface area contributed by atoms with Gasteiger partial charge in [0.2, 0.25) is 11.0 Å². The predicted octanol–water partition coefficient (Wildman–Crippen LogP) is 9.77. The van der Waals surface area contributed by atoms with Crippen molar-refractivity contribution in [3.63, 3.8) is 0 Å². The number of aromatic nitrogens is 1. The molecule has 4 N–H and O–H groups in total. The lowest BCUT2D eigenvalue weighted by Crippen LogP contribution is -2.41. The number of aliphatic carboxylic acids is 1. The van der Waals surface area contributed by atoms with E-state index in [-0.39, 0.29) is 87.7 Å². The zero-order chi connectivity index (χ0) is 50.7. The van der Waals surface area contributed by atoms with Crippen molar-refractivity contribution in [2.45, 2.75) is 82.2 Å². The van der Waals surface area contributed by atoms with Crippen LogP contribution in [-0.2, 0) is 21.4 Å². The first-order valence-corrected chi connectivity index (χ1v) is 25.7. The molecular weight excluding hydrogens is 935 g/mol. The second-order valence-electron chi connectivity index (χ2n) is 18.6. The largest absolute Gasteiger partial charge is 0.508 e. The number of carboxylic acids is 2. The number of aromatic hydroxyl groups is 1. The first kappa shape index (κ1) is 49.2. The van der Waals surface area contributed by atoms with Gasteiger partial charge in [-0.3, -0.25) is 19.2 Å². The second kappa shape index (κ2) is 20.9. The number of Topliss-reactive ketones (excluding diaryl/α,β-unsaturated/α-hetero) is 1. The molecule has 0 spiro atoms. The molecule has 6 aromatic rings. The number of unbranched alkanes of at least 4 members (excludes halogenated alkanes) is 1. The Hall–Kier alpha value is -7.75. The number of ketones is 1. The predicted molar refractivity (Wildman–Crippen MR) is 273 cm³/mol. The molecule has 9 rings (SSSR count). The fourth-order valence-electron chi connectivity index (χ4n) is 10.3. The molecule has 0 radical (unpaired) electrons. The maximum atomic E-state index is 14.8. The Morgan fingerprint density at radius 3 is 2.17 bits per heavy atom. The van der Waals surface area contributed by atoms with Gasteiger partial charge in [0.05, 0.1) is 26.8 Å². The third-order valence-corrected chi connectivity index (χ3v) is 15.6. The van der Waals surface area contributed by atoms with E-state index < -0.39 is 27.9 Å². The third-order valence-electron chi connectivity index (χ3n) is 13.8. The number of carboxylic acid groups (broad SMARTS) is 2. The molecule has 0 unspecified atom stereocenters. The van der Waals surface area contributed by atoms with Crippen LogP contribution in [0.5, 0.6) is 5.75 Å². The maximum Gasteiger partial charge on any atom is 0.336 e. The number of nitrogens with one attached hydrogen (secondary N) is 1. The van der Waals surface area contributed by atoms with Crippen LogP contribution in [0.25, 0.3) is 55.2 Å². The summed E-state index contributed by atoms with van der Waals surface area (Å²) in [4.78, 5) is 65.5. The molecule has 14 nitrogen and oxygen atoms in total. The van der Waals surface area contributed by atoms with Gasteiger partial charge in [-0.1, -0.05) is 66.9 Å². The molecule has 15 heteroatoms. The first-order chi connectivity index (χ1) is 34.7. The van der Waals surface area contributed by atoms with Crippen molar-refractivity contribution in [3.05, 3.63) is 160 Å².